The molecule has 0 aliphatic heterocycles. The first kappa shape index (κ1) is 17.7. The standard InChI is InChI=1S/C15H24F2N2O2/c1-5-18-13(9-19(2)10-15(16)17)12-8-11(20-3)6-7-14(12)21-4/h6-8,13,15,18H,5,9-10H2,1-4H3. The van der Waals surface area contributed by atoms with E-state index in [2.05, 4.69) is 5.32 Å². The number of ether oxygens (including phenoxy) is 2. The van der Waals surface area contributed by atoms with Crippen molar-refractivity contribution in [1.82, 2.24) is 10.2 Å². The minimum absolute atomic E-state index is 0.108. The van der Waals surface area contributed by atoms with Crippen molar-refractivity contribution in [3.05, 3.63) is 23.8 Å². The molecular weight excluding hydrogens is 278 g/mol. The van der Waals surface area contributed by atoms with E-state index in [0.29, 0.717) is 18.0 Å². The molecule has 0 fully saturated rings. The van der Waals surface area contributed by atoms with Gasteiger partial charge in [-0.3, -0.25) is 4.90 Å². The zero-order valence-electron chi connectivity index (χ0n) is 13.0. The maximum absolute atomic E-state index is 12.5. The Labute approximate surface area is 125 Å². The van der Waals surface area contributed by atoms with E-state index in [1.54, 1.807) is 26.2 Å². The monoisotopic (exact) mass is 302 g/mol. The summed E-state index contributed by atoms with van der Waals surface area (Å²) in [5, 5.41) is 3.31. The fourth-order valence-corrected chi connectivity index (χ4v) is 2.25. The highest BCUT2D eigenvalue weighted by atomic mass is 19.3. The predicted octanol–water partition coefficient (Wildman–Crippen LogP) is 2.55. The smallest absolute Gasteiger partial charge is 0.251 e. The van der Waals surface area contributed by atoms with Gasteiger partial charge < -0.3 is 14.8 Å². The normalized spacial score (nSPS) is 12.8. The van der Waals surface area contributed by atoms with Crippen LogP contribution in [-0.2, 0) is 0 Å². The number of nitrogens with zero attached hydrogens (tertiary/aromatic N) is 1. The van der Waals surface area contributed by atoms with Crippen LogP contribution in [0.2, 0.25) is 0 Å². The molecule has 120 valence electrons. The first-order chi connectivity index (χ1) is 10.0. The third-order valence-corrected chi connectivity index (χ3v) is 3.21. The van der Waals surface area contributed by atoms with Crippen molar-refractivity contribution in [3.8, 4) is 11.5 Å². The third-order valence-electron chi connectivity index (χ3n) is 3.21. The first-order valence-electron chi connectivity index (χ1n) is 6.93. The molecule has 0 aliphatic carbocycles. The Balaban J connectivity index is 2.97. The Morgan fingerprint density at radius 2 is 1.90 bits per heavy atom. The van der Waals surface area contributed by atoms with Crippen LogP contribution >= 0.6 is 0 Å². The molecule has 0 aromatic heterocycles. The summed E-state index contributed by atoms with van der Waals surface area (Å²) in [6.45, 7) is 2.91. The van der Waals surface area contributed by atoms with Crippen molar-refractivity contribution in [2.24, 2.45) is 0 Å². The van der Waals surface area contributed by atoms with Gasteiger partial charge in [0.05, 0.1) is 20.8 Å². The van der Waals surface area contributed by atoms with Gasteiger partial charge in [0.25, 0.3) is 6.43 Å². The Kier molecular flexibility index (Phi) is 7.39. The molecule has 6 heteroatoms. The summed E-state index contributed by atoms with van der Waals surface area (Å²) in [5.41, 5.74) is 0.903. The molecule has 0 radical (unpaired) electrons. The van der Waals surface area contributed by atoms with E-state index in [0.717, 1.165) is 12.1 Å². The van der Waals surface area contributed by atoms with Crippen molar-refractivity contribution >= 4 is 0 Å². The summed E-state index contributed by atoms with van der Waals surface area (Å²) in [6, 6.07) is 5.41. The zero-order valence-corrected chi connectivity index (χ0v) is 13.0. The molecule has 0 saturated carbocycles. The lowest BCUT2D eigenvalue weighted by molar-refractivity contribution is 0.0958. The number of nitrogens with one attached hydrogen (secondary N) is 1. The average Bonchev–Trinajstić information content (AvgIpc) is 2.45. The van der Waals surface area contributed by atoms with Gasteiger partial charge in [0.1, 0.15) is 11.5 Å². The molecule has 4 nitrogen and oxygen atoms in total. The molecule has 1 atom stereocenters. The summed E-state index contributed by atoms with van der Waals surface area (Å²) in [4.78, 5) is 1.61. The van der Waals surface area contributed by atoms with Crippen LogP contribution in [0.4, 0.5) is 8.78 Å². The van der Waals surface area contributed by atoms with Crippen molar-refractivity contribution < 1.29 is 18.3 Å². The van der Waals surface area contributed by atoms with Gasteiger partial charge in [-0.05, 0) is 31.8 Å². The molecule has 21 heavy (non-hydrogen) atoms. The van der Waals surface area contributed by atoms with E-state index in [9.17, 15) is 8.78 Å². The van der Waals surface area contributed by atoms with Crippen molar-refractivity contribution in [1.29, 1.82) is 0 Å². The van der Waals surface area contributed by atoms with E-state index >= 15 is 0 Å². The highest BCUT2D eigenvalue weighted by Crippen LogP contribution is 2.29. The number of alkyl halides is 2. The molecule has 1 rings (SSSR count). The van der Waals surface area contributed by atoms with Crippen LogP contribution in [0.15, 0.2) is 18.2 Å². The summed E-state index contributed by atoms with van der Waals surface area (Å²) in [6.07, 6.45) is -2.34. The van der Waals surface area contributed by atoms with Gasteiger partial charge in [-0.2, -0.15) is 0 Å². The summed E-state index contributed by atoms with van der Waals surface area (Å²) in [7, 11) is 4.87. The second kappa shape index (κ2) is 8.79. The maximum Gasteiger partial charge on any atom is 0.251 e. The molecule has 0 saturated heterocycles. The Morgan fingerprint density at radius 1 is 1.19 bits per heavy atom. The van der Waals surface area contributed by atoms with Crippen LogP contribution < -0.4 is 14.8 Å². The highest BCUT2D eigenvalue weighted by molar-refractivity contribution is 5.42. The summed E-state index contributed by atoms with van der Waals surface area (Å²) >= 11 is 0. The number of likely N-dealkylation sites (N-methyl/N-ethyl adjacent to an activating group) is 2. The Morgan fingerprint density at radius 3 is 2.43 bits per heavy atom. The van der Waals surface area contributed by atoms with E-state index in [4.69, 9.17) is 9.47 Å². The zero-order chi connectivity index (χ0) is 15.8. The van der Waals surface area contributed by atoms with Gasteiger partial charge in [0.15, 0.2) is 0 Å². The Bertz CT molecular complexity index is 430. The van der Waals surface area contributed by atoms with Crippen LogP contribution in [0.3, 0.4) is 0 Å². The van der Waals surface area contributed by atoms with E-state index in [-0.39, 0.29) is 12.6 Å². The van der Waals surface area contributed by atoms with Gasteiger partial charge >= 0.3 is 0 Å². The third kappa shape index (κ3) is 5.47. The second-order valence-corrected chi connectivity index (χ2v) is 4.83. The van der Waals surface area contributed by atoms with Crippen LogP contribution in [0.25, 0.3) is 0 Å². The molecule has 0 heterocycles. The topological polar surface area (TPSA) is 33.7 Å². The number of benzene rings is 1. The predicted molar refractivity (Wildman–Crippen MR) is 79.5 cm³/mol. The van der Waals surface area contributed by atoms with Gasteiger partial charge in [0, 0.05) is 18.2 Å². The number of hydrogen-bond donors (Lipinski definition) is 1. The molecule has 0 bridgehead atoms. The molecule has 1 unspecified atom stereocenters. The number of rotatable bonds is 9. The molecule has 0 amide bonds. The van der Waals surface area contributed by atoms with Gasteiger partial charge in [-0.25, -0.2) is 8.78 Å². The summed E-state index contributed by atoms with van der Waals surface area (Å²) < 4.78 is 35.6. The maximum atomic E-state index is 12.5. The van der Waals surface area contributed by atoms with Gasteiger partial charge in [-0.1, -0.05) is 6.92 Å². The molecule has 0 aliphatic rings. The molecule has 0 spiro atoms. The van der Waals surface area contributed by atoms with Crippen LogP contribution in [0.1, 0.15) is 18.5 Å². The fraction of sp³-hybridized carbons (Fsp3) is 0.600. The number of methoxy groups -OCH3 is 2. The number of hydrogen-bond acceptors (Lipinski definition) is 4. The SMILES string of the molecule is CCNC(CN(C)CC(F)F)c1cc(OC)ccc1OC. The quantitative estimate of drug-likeness (QED) is 0.760. The van der Waals surface area contributed by atoms with E-state index < -0.39 is 6.43 Å². The van der Waals surface area contributed by atoms with Crippen LogP contribution in [0, 0.1) is 0 Å². The number of halogens is 2. The van der Waals surface area contributed by atoms with Crippen molar-refractivity contribution in [2.75, 3.05) is 40.9 Å². The lowest BCUT2D eigenvalue weighted by Gasteiger charge is -2.26. The molecule has 1 N–H and O–H groups in total. The van der Waals surface area contributed by atoms with Crippen molar-refractivity contribution in [2.45, 2.75) is 19.4 Å². The van der Waals surface area contributed by atoms with Gasteiger partial charge in [-0.15, -0.1) is 0 Å². The minimum atomic E-state index is -2.34. The minimum Gasteiger partial charge on any atom is -0.497 e. The van der Waals surface area contributed by atoms with Gasteiger partial charge in [0.2, 0.25) is 0 Å². The summed E-state index contributed by atoms with van der Waals surface area (Å²) in [5.74, 6) is 1.43. The first-order valence-corrected chi connectivity index (χ1v) is 6.93. The average molecular weight is 302 g/mol. The lowest BCUT2D eigenvalue weighted by Crippen LogP contribution is -2.35. The van der Waals surface area contributed by atoms with E-state index in [1.165, 1.54) is 0 Å². The molecular formula is C15H24F2N2O2. The van der Waals surface area contributed by atoms with Crippen molar-refractivity contribution in [3.63, 3.8) is 0 Å². The van der Waals surface area contributed by atoms with E-state index in [1.807, 2.05) is 25.1 Å². The second-order valence-electron chi connectivity index (χ2n) is 4.83. The van der Waals surface area contributed by atoms with Crippen LogP contribution in [0.5, 0.6) is 11.5 Å². The molecule has 1 aromatic carbocycles. The van der Waals surface area contributed by atoms with Crippen LogP contribution in [-0.4, -0.2) is 52.2 Å². The molecule has 1 aromatic rings. The lowest BCUT2D eigenvalue weighted by atomic mass is 10.0. The fourth-order valence-electron chi connectivity index (χ4n) is 2.25. The largest absolute Gasteiger partial charge is 0.497 e. The highest BCUT2D eigenvalue weighted by Gasteiger charge is 2.19. The Hall–Kier alpha value is -1.40.